The van der Waals surface area contributed by atoms with Crippen LogP contribution in [0.25, 0.3) is 10.9 Å². The zero-order chi connectivity index (χ0) is 28.6. The zero-order valence-electron chi connectivity index (χ0n) is 21.9. The molecule has 1 aromatic heterocycles. The summed E-state index contributed by atoms with van der Waals surface area (Å²) in [6.45, 7) is 3.99. The summed E-state index contributed by atoms with van der Waals surface area (Å²) in [5, 5.41) is 7.59. The highest BCUT2D eigenvalue weighted by molar-refractivity contribution is 14.1. The van der Waals surface area contributed by atoms with Crippen molar-refractivity contribution in [3.05, 3.63) is 90.2 Å². The zero-order valence-corrected chi connectivity index (χ0v) is 25.7. The van der Waals surface area contributed by atoms with Crippen molar-refractivity contribution in [2.75, 3.05) is 18.5 Å². The molecule has 3 aromatic carbocycles. The molecule has 0 bridgehead atoms. The number of unbranched alkanes of at least 4 members (excludes halogenated alkanes) is 1. The molecule has 0 unspecified atom stereocenters. The van der Waals surface area contributed by atoms with Gasteiger partial charge < -0.3 is 14.8 Å². The number of nitrogens with zero attached hydrogens (tertiary/aromatic N) is 3. The third-order valence-electron chi connectivity index (χ3n) is 5.74. The van der Waals surface area contributed by atoms with Gasteiger partial charge in [0.2, 0.25) is 0 Å². The van der Waals surface area contributed by atoms with Crippen LogP contribution in [0.4, 0.5) is 10.1 Å². The van der Waals surface area contributed by atoms with Crippen molar-refractivity contribution in [1.29, 1.82) is 0 Å². The van der Waals surface area contributed by atoms with Gasteiger partial charge in [-0.15, -0.1) is 0 Å². The second-order valence-electron chi connectivity index (χ2n) is 8.76. The summed E-state index contributed by atoms with van der Waals surface area (Å²) in [6.07, 6.45) is 4.01. The van der Waals surface area contributed by atoms with Gasteiger partial charge in [0.05, 0.1) is 27.3 Å². The number of nitrogens with one attached hydrogen (secondary N) is 1. The lowest BCUT2D eigenvalue weighted by atomic mass is 10.2. The Hall–Kier alpha value is -3.32. The Morgan fingerprint density at radius 3 is 2.75 bits per heavy atom. The van der Waals surface area contributed by atoms with Crippen LogP contribution in [0.3, 0.4) is 0 Å². The van der Waals surface area contributed by atoms with Gasteiger partial charge in [0, 0.05) is 16.6 Å². The average molecular weight is 721 g/mol. The number of aryl methyl sites for hydroxylation is 1. The Labute approximate surface area is 252 Å². The van der Waals surface area contributed by atoms with Gasteiger partial charge in [-0.05, 0) is 90.0 Å². The Kier molecular flexibility index (Phi) is 10.3. The van der Waals surface area contributed by atoms with Crippen LogP contribution >= 0.6 is 38.5 Å². The molecule has 0 fully saturated rings. The lowest BCUT2D eigenvalue weighted by Gasteiger charge is -2.15. The predicted molar refractivity (Wildman–Crippen MR) is 166 cm³/mol. The van der Waals surface area contributed by atoms with Gasteiger partial charge in [-0.1, -0.05) is 35.3 Å². The van der Waals surface area contributed by atoms with Crippen LogP contribution < -0.4 is 20.3 Å². The Morgan fingerprint density at radius 2 is 2.00 bits per heavy atom. The Bertz CT molecular complexity index is 1630. The molecule has 208 valence electrons. The van der Waals surface area contributed by atoms with Crippen molar-refractivity contribution in [2.24, 2.45) is 5.10 Å². The first kappa shape index (κ1) is 29.7. The summed E-state index contributed by atoms with van der Waals surface area (Å²) in [5.74, 6) is 0.516. The van der Waals surface area contributed by atoms with Crippen molar-refractivity contribution in [1.82, 2.24) is 9.66 Å². The van der Waals surface area contributed by atoms with Gasteiger partial charge in [-0.3, -0.25) is 9.59 Å². The number of ether oxygens (including phenoxy) is 2. The maximum Gasteiger partial charge on any atom is 0.282 e. The number of anilines is 1. The molecule has 0 atom stereocenters. The quantitative estimate of drug-likeness (QED) is 0.140. The van der Waals surface area contributed by atoms with Crippen LogP contribution in [0.1, 0.15) is 38.1 Å². The summed E-state index contributed by atoms with van der Waals surface area (Å²) < 4.78 is 27.8. The number of rotatable bonds is 11. The van der Waals surface area contributed by atoms with Crippen molar-refractivity contribution in [3.8, 4) is 11.5 Å². The van der Waals surface area contributed by atoms with Gasteiger partial charge in [0.25, 0.3) is 11.5 Å². The standard InChI is InChI=1S/C29H27BrFIN4O4/c1-3-5-9-26-35-24-11-10-19(30)14-22(24)29(38)36(26)33-16-18-12-23(32)28(25(13-18)39-4-2)40-17-27(37)34-21-8-6-7-20(31)15-21/h6-8,10-16H,3-5,9,17H2,1-2H3,(H,34,37). The highest BCUT2D eigenvalue weighted by atomic mass is 127. The van der Waals surface area contributed by atoms with E-state index >= 15 is 0 Å². The maximum atomic E-state index is 13.4. The molecule has 11 heteroatoms. The highest BCUT2D eigenvalue weighted by Crippen LogP contribution is 2.34. The fourth-order valence-corrected chi connectivity index (χ4v) is 5.04. The number of halogens is 3. The largest absolute Gasteiger partial charge is 0.490 e. The normalized spacial score (nSPS) is 11.2. The van der Waals surface area contributed by atoms with Crippen LogP contribution in [0, 0.1) is 9.39 Å². The minimum absolute atomic E-state index is 0.252. The molecule has 0 spiro atoms. The first-order valence-electron chi connectivity index (χ1n) is 12.7. The molecule has 0 aliphatic rings. The molecule has 4 aromatic rings. The molecule has 0 saturated carbocycles. The predicted octanol–water partition coefficient (Wildman–Crippen LogP) is 6.54. The van der Waals surface area contributed by atoms with Crippen molar-refractivity contribution in [2.45, 2.75) is 33.1 Å². The van der Waals surface area contributed by atoms with E-state index in [1.807, 2.05) is 25.1 Å². The molecular weight excluding hydrogens is 694 g/mol. The number of carbonyl (C=O) groups excluding carboxylic acids is 1. The fourth-order valence-electron chi connectivity index (χ4n) is 3.90. The average Bonchev–Trinajstić information content (AvgIpc) is 2.91. The third kappa shape index (κ3) is 7.45. The second-order valence-corrected chi connectivity index (χ2v) is 10.8. The molecule has 40 heavy (non-hydrogen) atoms. The van der Waals surface area contributed by atoms with E-state index in [1.54, 1.807) is 24.4 Å². The van der Waals surface area contributed by atoms with Gasteiger partial charge >= 0.3 is 0 Å². The molecule has 0 aliphatic heterocycles. The molecule has 1 heterocycles. The van der Waals surface area contributed by atoms with Crippen LogP contribution in [0.2, 0.25) is 0 Å². The number of hydrogen-bond acceptors (Lipinski definition) is 6. The number of amides is 1. The minimum atomic E-state index is -0.448. The second kappa shape index (κ2) is 13.8. The van der Waals surface area contributed by atoms with Gasteiger partial charge in [-0.2, -0.15) is 9.78 Å². The molecule has 0 saturated heterocycles. The monoisotopic (exact) mass is 720 g/mol. The number of aromatic nitrogens is 2. The Balaban J connectivity index is 1.60. The number of hydrogen-bond donors (Lipinski definition) is 1. The van der Waals surface area contributed by atoms with Crippen LogP contribution in [0.15, 0.2) is 69.0 Å². The lowest BCUT2D eigenvalue weighted by Crippen LogP contribution is -2.22. The van der Waals surface area contributed by atoms with Crippen LogP contribution in [-0.4, -0.2) is 35.0 Å². The van der Waals surface area contributed by atoms with Gasteiger partial charge in [-0.25, -0.2) is 9.37 Å². The smallest absolute Gasteiger partial charge is 0.282 e. The molecular formula is C29H27BrFIN4O4. The summed E-state index contributed by atoms with van der Waals surface area (Å²) in [5.41, 5.74) is 1.38. The fraction of sp³-hybridized carbons (Fsp3) is 0.241. The van der Waals surface area contributed by atoms with Gasteiger partial charge in [0.15, 0.2) is 18.1 Å². The van der Waals surface area contributed by atoms with Crippen LogP contribution in [-0.2, 0) is 11.2 Å². The SMILES string of the molecule is CCCCc1nc2ccc(Br)cc2c(=O)n1N=Cc1cc(I)c(OCC(=O)Nc2cccc(F)c2)c(OCC)c1. The molecule has 1 N–H and O–H groups in total. The first-order chi connectivity index (χ1) is 19.3. The maximum absolute atomic E-state index is 13.4. The van der Waals surface area contributed by atoms with E-state index in [1.165, 1.54) is 22.9 Å². The first-order valence-corrected chi connectivity index (χ1v) is 14.6. The van der Waals surface area contributed by atoms with E-state index in [2.05, 4.69) is 55.9 Å². The van der Waals surface area contributed by atoms with E-state index in [0.717, 1.165) is 17.3 Å². The van der Waals surface area contributed by atoms with Crippen molar-refractivity contribution in [3.63, 3.8) is 0 Å². The molecule has 8 nitrogen and oxygen atoms in total. The van der Waals surface area contributed by atoms with Crippen molar-refractivity contribution >= 4 is 67.2 Å². The van der Waals surface area contributed by atoms with E-state index in [9.17, 15) is 14.0 Å². The third-order valence-corrected chi connectivity index (χ3v) is 7.03. The summed E-state index contributed by atoms with van der Waals surface area (Å²) in [7, 11) is 0. The van der Waals surface area contributed by atoms with E-state index in [-0.39, 0.29) is 12.2 Å². The lowest BCUT2D eigenvalue weighted by molar-refractivity contribution is -0.118. The van der Waals surface area contributed by atoms with Crippen LogP contribution in [0.5, 0.6) is 11.5 Å². The summed E-state index contributed by atoms with van der Waals surface area (Å²) in [6, 6.07) is 14.6. The topological polar surface area (TPSA) is 94.8 Å². The summed E-state index contributed by atoms with van der Waals surface area (Å²) in [4.78, 5) is 30.5. The molecule has 4 rings (SSSR count). The minimum Gasteiger partial charge on any atom is -0.490 e. The summed E-state index contributed by atoms with van der Waals surface area (Å²) >= 11 is 5.52. The number of carbonyl (C=O) groups is 1. The van der Waals surface area contributed by atoms with Crippen molar-refractivity contribution < 1.29 is 18.7 Å². The van der Waals surface area contributed by atoms with E-state index < -0.39 is 11.7 Å². The number of fused-ring (bicyclic) bond motifs is 1. The molecule has 1 amide bonds. The molecule has 0 radical (unpaired) electrons. The highest BCUT2D eigenvalue weighted by Gasteiger charge is 2.15. The number of benzene rings is 3. The Morgan fingerprint density at radius 1 is 1.18 bits per heavy atom. The van der Waals surface area contributed by atoms with E-state index in [0.29, 0.717) is 56.1 Å². The van der Waals surface area contributed by atoms with Gasteiger partial charge in [0.1, 0.15) is 11.6 Å². The molecule has 0 aliphatic carbocycles. The van der Waals surface area contributed by atoms with E-state index in [4.69, 9.17) is 14.5 Å².